The fourth-order valence-electron chi connectivity index (χ4n) is 4.10. The van der Waals surface area contributed by atoms with Crippen LogP contribution in [0.25, 0.3) is 0 Å². The molecule has 182 valence electrons. The van der Waals surface area contributed by atoms with E-state index >= 15 is 0 Å². The summed E-state index contributed by atoms with van der Waals surface area (Å²) >= 11 is 0. The number of rotatable bonds is 5. The second kappa shape index (κ2) is 9.13. The Labute approximate surface area is 199 Å². The first-order valence-electron chi connectivity index (χ1n) is 11.6. The van der Waals surface area contributed by atoms with E-state index in [1.807, 2.05) is 26.8 Å². The zero-order valence-corrected chi connectivity index (χ0v) is 22.8. The smallest absolute Gasteiger partial charge is 0.204 e. The predicted molar refractivity (Wildman–Crippen MR) is 134 cm³/mol. The Hall–Kier alpha value is -1.74. The molecule has 33 heavy (non-hydrogen) atoms. The van der Waals surface area contributed by atoms with Gasteiger partial charge in [0.05, 0.1) is 33.7 Å². The fraction of sp³-hybridized carbons (Fsp3) is 0.560. The molecule has 1 N–H and O–H groups in total. The number of aliphatic hydroxyl groups is 1. The van der Waals surface area contributed by atoms with Crippen LogP contribution in [0.2, 0.25) is 18.1 Å². The molecule has 3 rings (SSSR count). The lowest BCUT2D eigenvalue weighted by atomic mass is 9.97. The molecule has 1 aromatic carbocycles. The summed E-state index contributed by atoms with van der Waals surface area (Å²) in [6.45, 7) is 16.7. The summed E-state index contributed by atoms with van der Waals surface area (Å²) in [4.78, 5) is 0.395. The largest absolute Gasteiger partial charge is 0.413 e. The summed E-state index contributed by atoms with van der Waals surface area (Å²) < 4.78 is 36.2. The number of aliphatic hydroxyl groups excluding tert-OH is 1. The van der Waals surface area contributed by atoms with Crippen molar-refractivity contribution in [1.82, 2.24) is 9.78 Å². The maximum atomic E-state index is 13.8. The maximum Gasteiger partial charge on any atom is 0.204 e. The van der Waals surface area contributed by atoms with E-state index in [-0.39, 0.29) is 26.9 Å². The zero-order chi connectivity index (χ0) is 24.8. The lowest BCUT2D eigenvalue weighted by molar-refractivity contribution is 0.0461. The van der Waals surface area contributed by atoms with Crippen LogP contribution in [0.5, 0.6) is 0 Å². The van der Waals surface area contributed by atoms with Gasteiger partial charge in [-0.3, -0.25) is 4.68 Å². The molecule has 1 aliphatic carbocycles. The molecule has 1 aromatic heterocycles. The first-order chi connectivity index (χ1) is 15.1. The molecule has 1 heterocycles. The van der Waals surface area contributed by atoms with Gasteiger partial charge in [-0.1, -0.05) is 45.9 Å². The third-order valence-corrected chi connectivity index (χ3v) is 13.6. The third kappa shape index (κ3) is 5.19. The van der Waals surface area contributed by atoms with Crippen LogP contribution in [0.15, 0.2) is 52.3 Å². The predicted octanol–water partition coefficient (Wildman–Crippen LogP) is 5.19. The van der Waals surface area contributed by atoms with Crippen molar-refractivity contribution >= 4 is 18.2 Å². The van der Waals surface area contributed by atoms with E-state index < -0.39 is 30.3 Å². The van der Waals surface area contributed by atoms with E-state index in [0.29, 0.717) is 6.42 Å². The van der Waals surface area contributed by atoms with Crippen LogP contribution < -0.4 is 0 Å². The van der Waals surface area contributed by atoms with Crippen molar-refractivity contribution in [2.24, 2.45) is 5.92 Å². The molecule has 0 unspecified atom stereocenters. The Bertz CT molecular complexity index is 1120. The highest BCUT2D eigenvalue weighted by molar-refractivity contribution is 7.95. The van der Waals surface area contributed by atoms with Gasteiger partial charge >= 0.3 is 0 Å². The number of benzene rings is 1. The minimum absolute atomic E-state index is 0.00987. The number of hydrogen-bond acceptors (Lipinski definition) is 5. The topological polar surface area (TPSA) is 81.4 Å². The molecule has 0 fully saturated rings. The quantitative estimate of drug-likeness (QED) is 0.583. The average Bonchev–Trinajstić information content (AvgIpc) is 3.00. The van der Waals surface area contributed by atoms with Crippen molar-refractivity contribution < 1.29 is 18.0 Å². The Morgan fingerprint density at radius 3 is 2.27 bits per heavy atom. The van der Waals surface area contributed by atoms with Crippen molar-refractivity contribution in [3.05, 3.63) is 58.8 Å². The van der Waals surface area contributed by atoms with Gasteiger partial charge in [-0.05, 0) is 62.7 Å². The zero-order valence-electron chi connectivity index (χ0n) is 21.0. The van der Waals surface area contributed by atoms with Crippen LogP contribution in [-0.2, 0) is 14.3 Å². The first-order valence-corrected chi connectivity index (χ1v) is 15.9. The summed E-state index contributed by atoms with van der Waals surface area (Å²) in [7, 11) is -6.02. The van der Waals surface area contributed by atoms with Gasteiger partial charge in [-0.2, -0.15) is 5.10 Å². The number of aromatic nitrogens is 2. The van der Waals surface area contributed by atoms with E-state index in [4.69, 9.17) is 4.43 Å². The number of allylic oxidation sites excluding steroid dienone is 1. The molecule has 8 heteroatoms. The van der Waals surface area contributed by atoms with Crippen molar-refractivity contribution in [3.63, 3.8) is 0 Å². The fourth-order valence-corrected chi connectivity index (χ4v) is 7.18. The number of hydrogen-bond donors (Lipinski definition) is 1. The van der Waals surface area contributed by atoms with Crippen LogP contribution >= 0.6 is 0 Å². The molecule has 0 radical (unpaired) electrons. The molecule has 2 aromatic rings. The summed E-state index contributed by atoms with van der Waals surface area (Å²) in [5.41, 5.74) is 1.70. The van der Waals surface area contributed by atoms with Crippen LogP contribution in [0.4, 0.5) is 0 Å². The average molecular weight is 491 g/mol. The SMILES string of the molecule is Cc1cc(C)n([C@@H]2C[C@@H](O[Si](C)(C)C(C)(C)C)[C@H](C)[C@H](O)C=C2S(=O)(=O)c2ccccc2)n1. The molecular formula is C25H38N2O4SSi. The van der Waals surface area contributed by atoms with Gasteiger partial charge in [0.15, 0.2) is 8.32 Å². The van der Waals surface area contributed by atoms with Crippen molar-refractivity contribution in [3.8, 4) is 0 Å². The van der Waals surface area contributed by atoms with Gasteiger partial charge < -0.3 is 9.53 Å². The third-order valence-electron chi connectivity index (χ3n) is 7.20. The molecule has 0 spiro atoms. The number of nitrogens with zero attached hydrogens (tertiary/aromatic N) is 2. The Kier molecular flexibility index (Phi) is 7.16. The highest BCUT2D eigenvalue weighted by atomic mass is 32.2. The van der Waals surface area contributed by atoms with E-state index in [0.717, 1.165) is 11.4 Å². The second-order valence-corrected chi connectivity index (χ2v) is 17.5. The van der Waals surface area contributed by atoms with E-state index in [2.05, 4.69) is 39.0 Å². The van der Waals surface area contributed by atoms with Crippen LogP contribution in [0, 0.1) is 19.8 Å². The molecule has 0 amide bonds. The number of aryl methyl sites for hydroxylation is 2. The van der Waals surface area contributed by atoms with E-state index in [9.17, 15) is 13.5 Å². The Morgan fingerprint density at radius 2 is 1.76 bits per heavy atom. The van der Waals surface area contributed by atoms with Gasteiger partial charge in [0.2, 0.25) is 9.84 Å². The van der Waals surface area contributed by atoms with Gasteiger partial charge in [-0.15, -0.1) is 0 Å². The lowest BCUT2D eigenvalue weighted by Gasteiger charge is -2.41. The van der Waals surface area contributed by atoms with Crippen molar-refractivity contribution in [2.45, 2.75) is 89.2 Å². The highest BCUT2D eigenvalue weighted by Gasteiger charge is 2.45. The number of sulfone groups is 1. The monoisotopic (exact) mass is 490 g/mol. The Balaban J connectivity index is 2.15. The molecule has 0 saturated carbocycles. The lowest BCUT2D eigenvalue weighted by Crippen LogP contribution is -2.47. The molecule has 0 saturated heterocycles. The summed E-state index contributed by atoms with van der Waals surface area (Å²) in [5, 5.41) is 15.8. The highest BCUT2D eigenvalue weighted by Crippen LogP contribution is 2.43. The van der Waals surface area contributed by atoms with Gasteiger partial charge in [0, 0.05) is 11.6 Å². The van der Waals surface area contributed by atoms with Crippen molar-refractivity contribution in [1.29, 1.82) is 0 Å². The minimum Gasteiger partial charge on any atom is -0.413 e. The second-order valence-electron chi connectivity index (χ2n) is 10.8. The first kappa shape index (κ1) is 25.9. The normalized spacial score (nSPS) is 24.9. The summed E-state index contributed by atoms with van der Waals surface area (Å²) in [6, 6.07) is 9.78. The summed E-state index contributed by atoms with van der Waals surface area (Å²) in [6.07, 6.45) is 0.679. The van der Waals surface area contributed by atoms with E-state index in [1.54, 1.807) is 35.0 Å². The van der Waals surface area contributed by atoms with Gasteiger partial charge in [0.1, 0.15) is 0 Å². The molecule has 0 aliphatic heterocycles. The minimum atomic E-state index is -3.85. The van der Waals surface area contributed by atoms with Gasteiger partial charge in [-0.25, -0.2) is 8.42 Å². The van der Waals surface area contributed by atoms with Crippen LogP contribution in [-0.4, -0.2) is 43.8 Å². The molecule has 4 atom stereocenters. The van der Waals surface area contributed by atoms with Crippen molar-refractivity contribution in [2.75, 3.05) is 0 Å². The molecule has 0 bridgehead atoms. The molecular weight excluding hydrogens is 452 g/mol. The molecule has 1 aliphatic rings. The van der Waals surface area contributed by atoms with Gasteiger partial charge in [0.25, 0.3) is 0 Å². The van der Waals surface area contributed by atoms with Crippen LogP contribution in [0.1, 0.15) is 51.5 Å². The van der Waals surface area contributed by atoms with Crippen LogP contribution in [0.3, 0.4) is 0 Å². The van der Waals surface area contributed by atoms with E-state index in [1.165, 1.54) is 6.08 Å². The Morgan fingerprint density at radius 1 is 1.15 bits per heavy atom. The summed E-state index contributed by atoms with van der Waals surface area (Å²) in [5.74, 6) is -0.262. The molecule has 6 nitrogen and oxygen atoms in total. The standard InChI is InChI=1S/C25H38N2O4SSi/c1-17-14-18(2)27(26-17)21-15-23(31-33(7,8)25(4,5)6)19(3)22(28)16-24(21)32(29,30)20-12-10-9-11-13-20/h9-14,16,19,21-23,28H,15H2,1-8H3/t19-,21-,22-,23-/m1/s1. The maximum absolute atomic E-state index is 13.8.